The van der Waals surface area contributed by atoms with Gasteiger partial charge in [0.1, 0.15) is 54.3 Å². The first-order valence-corrected chi connectivity index (χ1v) is 34.5. The fourth-order valence-corrected chi connectivity index (χ4v) is 9.79. The van der Waals surface area contributed by atoms with Gasteiger partial charge in [0.15, 0.2) is 0 Å². The number of aromatic nitrogens is 6. The molecule has 12 rings (SSSR count). The van der Waals surface area contributed by atoms with Crippen LogP contribution in [0.1, 0.15) is 97.1 Å². The Morgan fingerprint density at radius 2 is 0.872 bits per heavy atom. The van der Waals surface area contributed by atoms with Crippen LogP contribution < -0.4 is 72.5 Å². The Morgan fingerprint density at radius 1 is 0.513 bits per heavy atom. The Bertz CT molecular complexity index is 5360. The molecule has 0 spiro atoms. The molecular formula is C74H55BrCl3F5KN19O14. The van der Waals surface area contributed by atoms with Gasteiger partial charge in [0.2, 0.25) is 27.4 Å². The molecule has 0 radical (unpaired) electrons. The number of halogens is 9. The molecule has 0 saturated heterocycles. The summed E-state index contributed by atoms with van der Waals surface area (Å²) in [7, 11) is 3.05. The molecule has 0 atom stereocenters. The zero-order valence-electron chi connectivity index (χ0n) is 60.8. The van der Waals surface area contributed by atoms with Crippen molar-refractivity contribution < 1.29 is 127 Å². The minimum Gasteiger partial charge on any atom is -0.587 e. The number of fused-ring (bicyclic) bond motifs is 2. The fourth-order valence-electron chi connectivity index (χ4n) is 8.83. The van der Waals surface area contributed by atoms with Crippen molar-refractivity contribution in [2.24, 2.45) is 5.73 Å². The van der Waals surface area contributed by atoms with Gasteiger partial charge in [0, 0.05) is 72.6 Å². The maximum absolute atomic E-state index is 13.9. The predicted octanol–water partition coefficient (Wildman–Crippen LogP) is 10.6. The normalized spacial score (nSPS) is 10.7. The summed E-state index contributed by atoms with van der Waals surface area (Å²) in [6.45, 7) is 0.953. The van der Waals surface area contributed by atoms with Crippen molar-refractivity contribution in [3.63, 3.8) is 0 Å². The number of hydrogen-bond donors (Lipinski definition) is 4. The van der Waals surface area contributed by atoms with E-state index < -0.39 is 61.7 Å². The van der Waals surface area contributed by atoms with Gasteiger partial charge in [-0.2, -0.15) is 46.2 Å². The molecule has 43 heteroatoms. The SMILES string of the molecule is COCCO.COCCOc1ncc([N+](=O)[O-])c(NCc2ccc(C#N)cc2F)n1.N#Cc1ccc(CBr)c(F)c1.N#Cc1ccc(CN)c(F)c1.N#Cc1ccc(CN2C(=O)c3ccccc3C2=O)c(F)c1.N#Cc1ccc(CNc2nc(Cl)ncc2[N+](=O)[O-])c(F)c1.O=C1[N-]C(=O)c2ccccc21.O=[N+]([O-])c1cnc(Cl)nc1Cl.[K+]. The van der Waals surface area contributed by atoms with Gasteiger partial charge >= 0.3 is 74.5 Å². The van der Waals surface area contributed by atoms with Gasteiger partial charge in [0.05, 0.1) is 122 Å². The van der Waals surface area contributed by atoms with E-state index in [1.54, 1.807) is 73.8 Å². The average molecular weight is 1750 g/mol. The third kappa shape index (κ3) is 30.1. The molecule has 5 N–H and O–H groups in total. The van der Waals surface area contributed by atoms with Gasteiger partial charge in [0.25, 0.3) is 11.8 Å². The number of nitriles is 5. The van der Waals surface area contributed by atoms with Crippen LogP contribution in [0.15, 0.2) is 158 Å². The number of hydrogen-bond acceptors (Lipinski definition) is 28. The van der Waals surface area contributed by atoms with Crippen molar-refractivity contribution in [1.82, 2.24) is 34.8 Å². The molecule has 0 saturated carbocycles. The number of anilines is 2. The van der Waals surface area contributed by atoms with Crippen LogP contribution in [0, 0.1) is 116 Å². The molecule has 10 aromatic rings. The van der Waals surface area contributed by atoms with E-state index in [9.17, 15) is 71.5 Å². The van der Waals surface area contributed by atoms with Gasteiger partial charge in [-0.25, -0.2) is 31.9 Å². The number of imide groups is 2. The number of carbonyl (C=O) groups is 4. The number of aliphatic hydroxyl groups is 1. The molecule has 3 aromatic heterocycles. The summed E-state index contributed by atoms with van der Waals surface area (Å²) in [5.41, 5.74) is 8.53. The van der Waals surface area contributed by atoms with Crippen molar-refractivity contribution in [2.45, 2.75) is 31.5 Å². The molecule has 2 aliphatic rings. The van der Waals surface area contributed by atoms with E-state index >= 15 is 0 Å². The van der Waals surface area contributed by atoms with Crippen molar-refractivity contribution in [3.8, 4) is 36.4 Å². The summed E-state index contributed by atoms with van der Waals surface area (Å²) in [4.78, 5) is 98.8. The average Bonchev–Trinajstić information content (AvgIpc) is 1.65. The number of benzene rings is 7. The summed E-state index contributed by atoms with van der Waals surface area (Å²) < 4.78 is 81.6. The number of nitrogens with zero attached hydrogens (tertiary/aromatic N) is 16. The van der Waals surface area contributed by atoms with E-state index in [0.29, 0.717) is 63.1 Å². The summed E-state index contributed by atoms with van der Waals surface area (Å²) in [6.07, 6.45) is 2.93. The smallest absolute Gasteiger partial charge is 0.587 e. The minimum atomic E-state index is -0.682. The van der Waals surface area contributed by atoms with E-state index in [1.165, 1.54) is 61.7 Å². The first kappa shape index (κ1) is 97.0. The number of methoxy groups -OCH3 is 2. The van der Waals surface area contributed by atoms with Crippen LogP contribution in [0.4, 0.5) is 50.6 Å². The zero-order valence-corrected chi connectivity index (χ0v) is 67.7. The molecule has 7 aromatic carbocycles. The number of nitrogens with two attached hydrogens (primary N) is 1. The third-order valence-corrected chi connectivity index (χ3v) is 15.8. The number of amides is 4. The number of carbonyl (C=O) groups excluding carboxylic acids is 4. The van der Waals surface area contributed by atoms with Gasteiger partial charge in [-0.1, -0.05) is 94.3 Å². The number of rotatable bonds is 19. The standard InChI is InChI=1S/C16H9FN2O2.C15H14FN5O4.C12H7ClFN5O2.C8H5BrFN.C8H7FN2.C8H5NO2.C4HCl2N3O2.C3H8O2.K/c17-14-7-10(8-18)5-6-11(14)9-19-15(20)12-3-1-2-4-13(12)16(19)21;1-24-4-5-25-15-19-9-13(21(22)23)14(20-15)18-8-11-3-2-10(7-17)6-12(11)16;13-12-17-6-10(19(20)21)11(18-12)16-5-8-2-1-7(4-15)3-9(8)14;9-4-7-2-1-6(5-11)3-8(7)10;9-8-3-6(4-10)1-2-7(8)5-11;10-7-5-3-1-2-4-6(5)8(11)9-7;5-3-2(9(10)11)1-7-4(6)8-3;1-5-3-2-4;/h1-7H,9H2;2-3,6,9H,4-5,8H2,1H3,(H,18,19,20);1-3,6H,5H2,(H,16,17,18);1-3H,4H2;1-3H,5,11H2;1-4H,(H,9,10,11);1H;4H,2-3H2,1H3;/q;;;;;;;;+1/p-1. The van der Waals surface area contributed by atoms with Crippen LogP contribution in [0.25, 0.3) is 5.32 Å². The largest absolute Gasteiger partial charge is 1.00 e. The summed E-state index contributed by atoms with van der Waals surface area (Å²) in [6, 6.07) is 42.8. The Kier molecular flexibility index (Phi) is 41.5. The van der Waals surface area contributed by atoms with Crippen molar-refractivity contribution in [1.29, 1.82) is 26.3 Å². The molecule has 0 fully saturated rings. The van der Waals surface area contributed by atoms with E-state index in [4.69, 9.17) is 81.4 Å². The van der Waals surface area contributed by atoms with Crippen molar-refractivity contribution >= 4 is 103 Å². The van der Waals surface area contributed by atoms with Gasteiger partial charge in [-0.15, -0.1) is 0 Å². The molecule has 0 unspecified atom stereocenters. The molecule has 5 heterocycles. The summed E-state index contributed by atoms with van der Waals surface area (Å²) in [5.74, 6) is -4.46. The van der Waals surface area contributed by atoms with E-state index in [0.717, 1.165) is 41.7 Å². The van der Waals surface area contributed by atoms with Crippen LogP contribution >= 0.6 is 50.7 Å². The van der Waals surface area contributed by atoms with E-state index in [-0.39, 0.29) is 180 Å². The molecule has 2 aliphatic heterocycles. The fraction of sp³-hybridized carbons (Fsp3) is 0.149. The molecule has 33 nitrogen and oxygen atoms in total. The summed E-state index contributed by atoms with van der Waals surface area (Å²) in [5, 5.41) is 91.4. The van der Waals surface area contributed by atoms with Crippen LogP contribution in [-0.4, -0.2) is 119 Å². The molecular weight excluding hydrogens is 1700 g/mol. The number of ether oxygens (including phenoxy) is 3. The van der Waals surface area contributed by atoms with Crippen LogP contribution in [0.2, 0.25) is 15.7 Å². The van der Waals surface area contributed by atoms with E-state index in [1.807, 2.05) is 30.3 Å². The Balaban J connectivity index is 0.000000291. The zero-order chi connectivity index (χ0) is 85.6. The second-order valence-electron chi connectivity index (χ2n) is 22.0. The number of aliphatic hydroxyl groups excluding tert-OH is 1. The van der Waals surface area contributed by atoms with Gasteiger partial charge in [-0.3, -0.25) is 44.8 Å². The topological polar surface area (TPSA) is 509 Å². The van der Waals surface area contributed by atoms with E-state index in [2.05, 4.69) is 66.5 Å². The first-order chi connectivity index (χ1) is 55.5. The Morgan fingerprint density at radius 3 is 1.22 bits per heavy atom. The van der Waals surface area contributed by atoms with Crippen molar-refractivity contribution in [3.05, 3.63) is 316 Å². The predicted molar refractivity (Wildman–Crippen MR) is 407 cm³/mol. The number of nitrogens with one attached hydrogen (secondary N) is 2. The van der Waals surface area contributed by atoms with Crippen LogP contribution in [0.3, 0.4) is 0 Å². The maximum Gasteiger partial charge on any atom is 1.00 e. The maximum atomic E-state index is 13.9. The van der Waals surface area contributed by atoms with Crippen LogP contribution in [-0.2, 0) is 41.0 Å². The van der Waals surface area contributed by atoms with Crippen LogP contribution in [0.5, 0.6) is 6.01 Å². The molecule has 594 valence electrons. The number of nitro groups is 3. The first-order valence-electron chi connectivity index (χ1n) is 32.3. The molecule has 4 amide bonds. The molecule has 0 bridgehead atoms. The quantitative estimate of drug-likeness (QED) is 0.00672. The second kappa shape index (κ2) is 50.0. The van der Waals surface area contributed by atoms with Gasteiger partial charge in [-0.05, 0) is 102 Å². The number of alkyl halides is 1. The molecule has 117 heavy (non-hydrogen) atoms. The summed E-state index contributed by atoms with van der Waals surface area (Å²) >= 11 is 19.4. The Labute approximate surface area is 726 Å². The molecule has 0 aliphatic carbocycles. The Hall–Kier alpha value is -12.4. The minimum absolute atomic E-state index is 0. The second-order valence-corrected chi connectivity index (χ2v) is 23.6. The third-order valence-electron chi connectivity index (χ3n) is 14.6. The van der Waals surface area contributed by atoms with Crippen molar-refractivity contribution in [2.75, 3.05) is 51.3 Å². The monoisotopic (exact) mass is 1750 g/mol. The van der Waals surface area contributed by atoms with Gasteiger partial charge < -0.3 is 50.6 Å².